The molecular formula is C62H62BN3. The highest BCUT2D eigenvalue weighted by molar-refractivity contribution is 7.00. The third kappa shape index (κ3) is 5.22. The molecule has 0 spiro atoms. The van der Waals surface area contributed by atoms with E-state index in [0.29, 0.717) is 0 Å². The molecule has 0 radical (unpaired) electrons. The molecule has 0 N–H and O–H groups in total. The van der Waals surface area contributed by atoms with Gasteiger partial charge in [0, 0.05) is 50.6 Å². The van der Waals surface area contributed by atoms with E-state index in [4.69, 9.17) is 0 Å². The second kappa shape index (κ2) is 13.8. The molecule has 7 aromatic rings. The molecule has 66 heavy (non-hydrogen) atoms. The summed E-state index contributed by atoms with van der Waals surface area (Å²) in [5.41, 5.74) is 23.1. The molecule has 4 aliphatic heterocycles. The van der Waals surface area contributed by atoms with Gasteiger partial charge in [-0.25, -0.2) is 0 Å². The molecular weight excluding hydrogens is 798 g/mol. The van der Waals surface area contributed by atoms with Crippen molar-refractivity contribution >= 4 is 62.9 Å². The van der Waals surface area contributed by atoms with E-state index in [0.717, 1.165) is 6.42 Å². The van der Waals surface area contributed by atoms with Crippen molar-refractivity contribution in [3.05, 3.63) is 168 Å². The topological polar surface area (TPSA) is 9.72 Å². The van der Waals surface area contributed by atoms with Crippen LogP contribution in [-0.2, 0) is 16.2 Å². The smallest absolute Gasteiger partial charge is 0.252 e. The van der Waals surface area contributed by atoms with Crippen LogP contribution >= 0.6 is 0 Å². The summed E-state index contributed by atoms with van der Waals surface area (Å²) in [4.78, 5) is 8.44. The van der Waals surface area contributed by atoms with Crippen LogP contribution in [-0.4, -0.2) is 17.8 Å². The number of benzene rings is 7. The van der Waals surface area contributed by atoms with Crippen molar-refractivity contribution in [3.8, 4) is 22.3 Å². The van der Waals surface area contributed by atoms with Gasteiger partial charge in [-0.1, -0.05) is 176 Å². The van der Waals surface area contributed by atoms with Crippen molar-refractivity contribution < 1.29 is 0 Å². The van der Waals surface area contributed by atoms with E-state index in [1.807, 2.05) is 0 Å². The Bertz CT molecular complexity index is 3130. The highest BCUT2D eigenvalue weighted by Gasteiger charge is 2.62. The van der Waals surface area contributed by atoms with E-state index in [-0.39, 0.29) is 34.0 Å². The van der Waals surface area contributed by atoms with Gasteiger partial charge in [0.25, 0.3) is 6.71 Å². The average Bonchev–Trinajstić information content (AvgIpc) is 3.68. The van der Waals surface area contributed by atoms with E-state index < -0.39 is 0 Å². The van der Waals surface area contributed by atoms with Gasteiger partial charge >= 0.3 is 0 Å². The van der Waals surface area contributed by atoms with Crippen LogP contribution in [0.25, 0.3) is 22.3 Å². The first kappa shape index (κ1) is 40.3. The Balaban J connectivity index is 1.14. The summed E-state index contributed by atoms with van der Waals surface area (Å²) in [6.45, 7) is 17.7. The van der Waals surface area contributed by atoms with Gasteiger partial charge in [-0.3, -0.25) is 0 Å². The standard InChI is InChI=1S/C62H62BN3/c1-58(2,3)45-29-31-52-49(38-45)60(5)33-15-16-34-61(60,6)65(52)47-39-54-56-55(40-47)66-57-48(59(4)32-14-17-35-62(59,66)7)26-19-27-51(57)63(56)50-30-28-44(42-22-12-9-13-23-42)37-53(50)64(54)46-25-18-24-43(36-46)41-20-10-8-11-21-41/h8-13,18-31,36-40H,14-17,32-35H2,1-7H3. The highest BCUT2D eigenvalue weighted by Crippen LogP contribution is 2.65. The number of anilines is 7. The maximum atomic E-state index is 2.92. The number of para-hydroxylation sites is 1. The molecule has 13 rings (SSSR count). The lowest BCUT2D eigenvalue weighted by atomic mass is 9.33. The van der Waals surface area contributed by atoms with E-state index in [2.05, 4.69) is 215 Å². The maximum absolute atomic E-state index is 2.92. The van der Waals surface area contributed by atoms with Crippen molar-refractivity contribution in [3.63, 3.8) is 0 Å². The SMILES string of the molecule is CC(C)(C)c1ccc2c(c1)C1(C)CCCCC1(C)N2c1cc2c3c(c1)N1c4c(cccc4C4(C)CCCCC14C)B3c1ccc(-c3ccccc3)cc1N2c1cccc(-c2ccccc2)c1. The molecule has 2 aliphatic carbocycles. The minimum atomic E-state index is -0.0957. The summed E-state index contributed by atoms with van der Waals surface area (Å²) in [5.74, 6) is 0. The first-order valence-corrected chi connectivity index (χ1v) is 25.1. The first-order chi connectivity index (χ1) is 31.8. The molecule has 4 unspecified atom stereocenters. The Kier molecular flexibility index (Phi) is 8.42. The third-order valence-electron chi connectivity index (χ3n) is 18.5. The van der Waals surface area contributed by atoms with Gasteiger partial charge < -0.3 is 14.7 Å². The minimum Gasteiger partial charge on any atom is -0.335 e. The second-order valence-electron chi connectivity index (χ2n) is 22.7. The molecule has 0 amide bonds. The third-order valence-corrected chi connectivity index (χ3v) is 18.5. The quantitative estimate of drug-likeness (QED) is 0.163. The lowest BCUT2D eigenvalue weighted by molar-refractivity contribution is 0.194. The Hall–Kier alpha value is -6.00. The molecule has 0 bridgehead atoms. The number of hydrogen-bond acceptors (Lipinski definition) is 3. The predicted molar refractivity (Wildman–Crippen MR) is 281 cm³/mol. The molecule has 328 valence electrons. The second-order valence-corrected chi connectivity index (χ2v) is 22.7. The fraction of sp³-hybridized carbons (Fsp3) is 0.323. The average molecular weight is 860 g/mol. The van der Waals surface area contributed by atoms with Crippen LogP contribution in [0.1, 0.15) is 117 Å². The molecule has 4 heteroatoms. The van der Waals surface area contributed by atoms with Gasteiger partial charge in [0.2, 0.25) is 0 Å². The van der Waals surface area contributed by atoms with Crippen molar-refractivity contribution in [2.75, 3.05) is 14.7 Å². The van der Waals surface area contributed by atoms with Crippen molar-refractivity contribution in [2.45, 2.75) is 127 Å². The summed E-state index contributed by atoms with van der Waals surface area (Å²) < 4.78 is 0. The fourth-order valence-corrected chi connectivity index (χ4v) is 14.5. The van der Waals surface area contributed by atoms with E-state index in [9.17, 15) is 0 Å². The number of hydrogen-bond donors (Lipinski definition) is 0. The van der Waals surface area contributed by atoms with Crippen molar-refractivity contribution in [2.24, 2.45) is 0 Å². The molecule has 2 fully saturated rings. The first-order valence-electron chi connectivity index (χ1n) is 25.1. The van der Waals surface area contributed by atoms with Crippen LogP contribution in [0.4, 0.5) is 39.8 Å². The Morgan fingerprint density at radius 2 is 1.05 bits per heavy atom. The molecule has 0 aromatic heterocycles. The number of rotatable bonds is 4. The van der Waals surface area contributed by atoms with E-state index in [1.54, 1.807) is 5.56 Å². The Morgan fingerprint density at radius 3 is 1.74 bits per heavy atom. The maximum Gasteiger partial charge on any atom is 0.252 e. The van der Waals surface area contributed by atoms with E-state index in [1.165, 1.54) is 135 Å². The summed E-state index contributed by atoms with van der Waals surface area (Å²) in [6, 6.07) is 58.9. The van der Waals surface area contributed by atoms with Gasteiger partial charge in [0.15, 0.2) is 0 Å². The monoisotopic (exact) mass is 860 g/mol. The molecule has 2 saturated carbocycles. The minimum absolute atomic E-state index is 0.0136. The predicted octanol–water partition coefficient (Wildman–Crippen LogP) is 14.4. The molecule has 0 saturated heterocycles. The Morgan fingerprint density at radius 1 is 0.439 bits per heavy atom. The molecule has 4 heterocycles. The summed E-state index contributed by atoms with van der Waals surface area (Å²) in [5, 5.41) is 0. The van der Waals surface area contributed by atoms with E-state index >= 15 is 0 Å². The van der Waals surface area contributed by atoms with Gasteiger partial charge in [-0.05, 0) is 137 Å². The summed E-state index contributed by atoms with van der Waals surface area (Å²) in [6.07, 6.45) is 9.81. The molecule has 3 nitrogen and oxygen atoms in total. The normalized spacial score (nSPS) is 25.4. The lowest BCUT2D eigenvalue weighted by Gasteiger charge is -2.53. The molecule has 7 aromatic carbocycles. The Labute approximate surface area is 393 Å². The van der Waals surface area contributed by atoms with Crippen LogP contribution < -0.4 is 31.1 Å². The van der Waals surface area contributed by atoms with Crippen LogP contribution in [0.15, 0.2) is 152 Å². The van der Waals surface area contributed by atoms with Crippen LogP contribution in [0.2, 0.25) is 0 Å². The molecule has 6 aliphatic rings. The van der Waals surface area contributed by atoms with Gasteiger partial charge in [-0.2, -0.15) is 0 Å². The van der Waals surface area contributed by atoms with Crippen LogP contribution in [0.3, 0.4) is 0 Å². The van der Waals surface area contributed by atoms with Gasteiger partial charge in [0.05, 0.1) is 11.1 Å². The number of fused-ring (bicyclic) bond motifs is 10. The zero-order chi connectivity index (χ0) is 45.0. The largest absolute Gasteiger partial charge is 0.335 e. The zero-order valence-corrected chi connectivity index (χ0v) is 40.0. The van der Waals surface area contributed by atoms with Crippen LogP contribution in [0.5, 0.6) is 0 Å². The van der Waals surface area contributed by atoms with Gasteiger partial charge in [-0.15, -0.1) is 0 Å². The molecule has 4 atom stereocenters. The van der Waals surface area contributed by atoms with Crippen molar-refractivity contribution in [1.82, 2.24) is 0 Å². The summed E-state index contributed by atoms with van der Waals surface area (Å²) in [7, 11) is 0. The van der Waals surface area contributed by atoms with Crippen LogP contribution in [0, 0.1) is 0 Å². The summed E-state index contributed by atoms with van der Waals surface area (Å²) >= 11 is 0. The fourth-order valence-electron chi connectivity index (χ4n) is 14.5. The van der Waals surface area contributed by atoms with Crippen molar-refractivity contribution in [1.29, 1.82) is 0 Å². The number of nitrogens with zero attached hydrogens (tertiary/aromatic N) is 3. The highest BCUT2D eigenvalue weighted by atomic mass is 15.3. The van der Waals surface area contributed by atoms with Gasteiger partial charge in [0.1, 0.15) is 0 Å². The zero-order valence-electron chi connectivity index (χ0n) is 40.0. The lowest BCUT2D eigenvalue weighted by Crippen LogP contribution is -2.64.